The maximum atomic E-state index is 13.0. The third-order valence-electron chi connectivity index (χ3n) is 5.90. The van der Waals surface area contributed by atoms with E-state index < -0.39 is 0 Å². The second-order valence-corrected chi connectivity index (χ2v) is 8.37. The van der Waals surface area contributed by atoms with Crippen molar-refractivity contribution in [3.8, 4) is 10.4 Å². The van der Waals surface area contributed by atoms with Crippen LogP contribution in [0.15, 0.2) is 36.4 Å². The monoisotopic (exact) mass is 339 g/mol. The summed E-state index contributed by atoms with van der Waals surface area (Å²) in [6.07, 6.45) is 3.18. The number of fused-ring (bicyclic) bond motifs is 5. The van der Waals surface area contributed by atoms with Gasteiger partial charge in [-0.05, 0) is 37.0 Å². The van der Waals surface area contributed by atoms with Crippen molar-refractivity contribution < 1.29 is 9.53 Å². The summed E-state index contributed by atoms with van der Waals surface area (Å²) in [7, 11) is 0. The fourth-order valence-corrected chi connectivity index (χ4v) is 5.89. The van der Waals surface area contributed by atoms with Gasteiger partial charge in [0, 0.05) is 29.8 Å². The molecule has 2 aromatic rings. The molecule has 3 aliphatic heterocycles. The third kappa shape index (κ3) is 2.16. The van der Waals surface area contributed by atoms with E-state index in [-0.39, 0.29) is 5.91 Å². The van der Waals surface area contributed by atoms with Gasteiger partial charge in [0.2, 0.25) is 0 Å². The molecule has 0 spiro atoms. The highest BCUT2D eigenvalue weighted by Gasteiger charge is 2.53. The van der Waals surface area contributed by atoms with Crippen molar-refractivity contribution in [3.05, 3.63) is 46.8 Å². The van der Waals surface area contributed by atoms with Gasteiger partial charge in [0.15, 0.2) is 0 Å². The minimum Gasteiger partial charge on any atom is -0.374 e. The third-order valence-corrected chi connectivity index (χ3v) is 7.18. The molecule has 3 nitrogen and oxygen atoms in total. The van der Waals surface area contributed by atoms with Crippen molar-refractivity contribution in [2.24, 2.45) is 11.8 Å². The summed E-state index contributed by atoms with van der Waals surface area (Å²) in [5.41, 5.74) is 2.39. The van der Waals surface area contributed by atoms with Gasteiger partial charge in [0.1, 0.15) is 0 Å². The number of nitrogens with zero attached hydrogens (tertiary/aromatic N) is 1. The molecule has 3 fully saturated rings. The van der Waals surface area contributed by atoms with Crippen LogP contribution in [0.4, 0.5) is 0 Å². The van der Waals surface area contributed by atoms with Gasteiger partial charge in [-0.3, -0.25) is 4.79 Å². The molecule has 4 heteroatoms. The van der Waals surface area contributed by atoms with Crippen molar-refractivity contribution in [2.45, 2.75) is 32.0 Å². The van der Waals surface area contributed by atoms with Crippen molar-refractivity contribution in [1.29, 1.82) is 0 Å². The predicted molar refractivity (Wildman–Crippen MR) is 95.3 cm³/mol. The number of rotatable bonds is 2. The Morgan fingerprint density at radius 1 is 1.12 bits per heavy atom. The van der Waals surface area contributed by atoms with Crippen LogP contribution in [0.1, 0.15) is 28.1 Å². The Bertz CT molecular complexity index is 766. The Morgan fingerprint density at radius 2 is 1.79 bits per heavy atom. The minimum absolute atomic E-state index is 0.207. The Morgan fingerprint density at radius 3 is 2.46 bits per heavy atom. The largest absolute Gasteiger partial charge is 0.374 e. The van der Waals surface area contributed by atoms with E-state index >= 15 is 0 Å². The molecule has 5 rings (SSSR count). The van der Waals surface area contributed by atoms with E-state index in [2.05, 4.69) is 30.0 Å². The first-order valence-corrected chi connectivity index (χ1v) is 9.63. The molecule has 0 radical (unpaired) electrons. The highest BCUT2D eigenvalue weighted by Crippen LogP contribution is 2.47. The fraction of sp³-hybridized carbons (Fsp3) is 0.450. The van der Waals surface area contributed by atoms with Crippen molar-refractivity contribution in [3.63, 3.8) is 0 Å². The minimum atomic E-state index is 0.207. The first-order valence-electron chi connectivity index (χ1n) is 8.81. The number of amides is 1. The van der Waals surface area contributed by atoms with Crippen molar-refractivity contribution in [2.75, 3.05) is 13.1 Å². The average molecular weight is 339 g/mol. The van der Waals surface area contributed by atoms with Crippen LogP contribution in [-0.2, 0) is 4.74 Å². The summed E-state index contributed by atoms with van der Waals surface area (Å²) in [5, 5.41) is 0. The zero-order chi connectivity index (χ0) is 16.3. The molecule has 0 saturated carbocycles. The molecule has 124 valence electrons. The van der Waals surface area contributed by atoms with Gasteiger partial charge in [-0.15, -0.1) is 11.3 Å². The zero-order valence-electron chi connectivity index (χ0n) is 13.8. The second-order valence-electron chi connectivity index (χ2n) is 7.32. The molecule has 3 saturated heterocycles. The number of ether oxygens (including phenoxy) is 1. The Labute approximate surface area is 146 Å². The van der Waals surface area contributed by atoms with Crippen LogP contribution in [0.25, 0.3) is 10.4 Å². The molecule has 0 N–H and O–H groups in total. The van der Waals surface area contributed by atoms with Crippen LogP contribution in [-0.4, -0.2) is 36.1 Å². The second kappa shape index (κ2) is 5.43. The molecular formula is C20H21NO2S. The van der Waals surface area contributed by atoms with E-state index in [1.165, 1.54) is 28.8 Å². The summed E-state index contributed by atoms with van der Waals surface area (Å²) >= 11 is 1.63. The van der Waals surface area contributed by atoms with Gasteiger partial charge in [-0.2, -0.15) is 0 Å². The molecule has 24 heavy (non-hydrogen) atoms. The number of aryl methyl sites for hydroxylation is 1. The molecule has 0 unspecified atom stereocenters. The SMILES string of the molecule is Cc1cc(C(=O)N2C[C@@H]3[C@H](C2)[C@H]2CC[C@@H]3O2)sc1-c1ccccc1. The lowest BCUT2D eigenvalue weighted by atomic mass is 9.82. The Hall–Kier alpha value is -1.65. The Balaban J connectivity index is 1.39. The van der Waals surface area contributed by atoms with Crippen LogP contribution in [0.2, 0.25) is 0 Å². The molecule has 0 aliphatic carbocycles. The quantitative estimate of drug-likeness (QED) is 0.828. The lowest BCUT2D eigenvalue weighted by Gasteiger charge is -2.17. The number of carbonyl (C=O) groups is 1. The van der Waals surface area contributed by atoms with Crippen LogP contribution in [0, 0.1) is 18.8 Å². The van der Waals surface area contributed by atoms with E-state index in [1.54, 1.807) is 11.3 Å². The molecule has 1 aromatic heterocycles. The predicted octanol–water partition coefficient (Wildman–Crippen LogP) is 3.97. The normalized spacial score (nSPS) is 30.8. The summed E-state index contributed by atoms with van der Waals surface area (Å²) in [6, 6.07) is 12.4. The summed E-state index contributed by atoms with van der Waals surface area (Å²) in [6.45, 7) is 3.85. The number of thiophene rings is 1. The number of hydrogen-bond donors (Lipinski definition) is 0. The van der Waals surface area contributed by atoms with Gasteiger partial charge >= 0.3 is 0 Å². The Kier molecular flexibility index (Phi) is 3.32. The highest BCUT2D eigenvalue weighted by atomic mass is 32.1. The fourth-order valence-electron chi connectivity index (χ4n) is 4.75. The zero-order valence-corrected chi connectivity index (χ0v) is 14.6. The molecule has 3 aliphatic rings. The van der Waals surface area contributed by atoms with Crippen LogP contribution in [0.3, 0.4) is 0 Å². The van der Waals surface area contributed by atoms with Crippen LogP contribution in [0.5, 0.6) is 0 Å². The molecule has 4 heterocycles. The number of benzene rings is 1. The molecule has 2 bridgehead atoms. The van der Waals surface area contributed by atoms with E-state index in [0.29, 0.717) is 24.0 Å². The summed E-state index contributed by atoms with van der Waals surface area (Å²) < 4.78 is 6.02. The van der Waals surface area contributed by atoms with Gasteiger partial charge in [-0.1, -0.05) is 30.3 Å². The first-order chi connectivity index (χ1) is 11.7. The lowest BCUT2D eigenvalue weighted by molar-refractivity contribution is 0.0597. The molecular weight excluding hydrogens is 318 g/mol. The maximum Gasteiger partial charge on any atom is 0.263 e. The number of carbonyl (C=O) groups excluding carboxylic acids is 1. The summed E-state index contributed by atoms with van der Waals surface area (Å²) in [4.78, 5) is 17.2. The topological polar surface area (TPSA) is 29.5 Å². The molecule has 4 atom stereocenters. The van der Waals surface area contributed by atoms with Gasteiger partial charge < -0.3 is 9.64 Å². The van der Waals surface area contributed by atoms with E-state index in [0.717, 1.165) is 18.0 Å². The smallest absolute Gasteiger partial charge is 0.263 e. The highest BCUT2D eigenvalue weighted by molar-refractivity contribution is 7.17. The summed E-state index contributed by atoms with van der Waals surface area (Å²) in [5.74, 6) is 1.35. The standard InChI is InChI=1S/C20H21NO2S/c1-12-9-18(24-19(12)13-5-3-2-4-6-13)20(22)21-10-14-15(11-21)17-8-7-16(14)23-17/h2-6,9,14-17H,7-8,10-11H2,1H3/t14-,15+,16+,17-. The number of hydrogen-bond acceptors (Lipinski definition) is 3. The molecule has 1 aromatic carbocycles. The maximum absolute atomic E-state index is 13.0. The van der Waals surface area contributed by atoms with Crippen LogP contribution >= 0.6 is 11.3 Å². The van der Waals surface area contributed by atoms with Gasteiger partial charge in [-0.25, -0.2) is 0 Å². The lowest BCUT2D eigenvalue weighted by Crippen LogP contribution is -2.30. The number of likely N-dealkylation sites (tertiary alicyclic amines) is 1. The van der Waals surface area contributed by atoms with Crippen LogP contribution < -0.4 is 0 Å². The van der Waals surface area contributed by atoms with E-state index in [1.807, 2.05) is 18.2 Å². The van der Waals surface area contributed by atoms with Crippen molar-refractivity contribution in [1.82, 2.24) is 4.90 Å². The van der Waals surface area contributed by atoms with E-state index in [4.69, 9.17) is 4.74 Å². The van der Waals surface area contributed by atoms with E-state index in [9.17, 15) is 4.79 Å². The van der Waals surface area contributed by atoms with Gasteiger partial charge in [0.05, 0.1) is 17.1 Å². The van der Waals surface area contributed by atoms with Gasteiger partial charge in [0.25, 0.3) is 5.91 Å². The van der Waals surface area contributed by atoms with Crippen molar-refractivity contribution >= 4 is 17.2 Å². The first kappa shape index (κ1) is 14.7. The average Bonchev–Trinajstić information content (AvgIpc) is 3.35. The molecule has 1 amide bonds.